The van der Waals surface area contributed by atoms with Gasteiger partial charge in [-0.1, -0.05) is 151 Å². The van der Waals surface area contributed by atoms with E-state index in [0.29, 0.717) is 0 Å². The highest BCUT2D eigenvalue weighted by Crippen LogP contribution is 2.43. The van der Waals surface area contributed by atoms with Crippen LogP contribution in [0.2, 0.25) is 0 Å². The molecule has 286 valence electrons. The van der Waals surface area contributed by atoms with E-state index in [4.69, 9.17) is 0 Å². The molecule has 0 unspecified atom stereocenters. The Morgan fingerprint density at radius 3 is 0.950 bits per heavy atom. The van der Waals surface area contributed by atoms with Gasteiger partial charge in [0, 0.05) is 50.6 Å². The Hall–Kier alpha value is -7.88. The smallest absolute Gasteiger partial charge is 0.0540 e. The van der Waals surface area contributed by atoms with Gasteiger partial charge in [-0.2, -0.15) is 0 Å². The lowest BCUT2D eigenvalue weighted by molar-refractivity contribution is 1.26. The molecule has 3 nitrogen and oxygen atoms in total. The minimum absolute atomic E-state index is 1.08. The normalized spacial score (nSPS) is 11.1. The van der Waals surface area contributed by atoms with Gasteiger partial charge in [0.05, 0.1) is 11.4 Å². The van der Waals surface area contributed by atoms with E-state index in [9.17, 15) is 0 Å². The van der Waals surface area contributed by atoms with E-state index in [1.54, 1.807) is 0 Å². The Labute approximate surface area is 352 Å². The van der Waals surface area contributed by atoms with Crippen LogP contribution in [0.15, 0.2) is 243 Å². The Morgan fingerprint density at radius 1 is 0.233 bits per heavy atom. The van der Waals surface area contributed by atoms with Crippen molar-refractivity contribution in [3.05, 3.63) is 248 Å². The molecule has 10 aromatic carbocycles. The average molecular weight is 770 g/mol. The highest BCUT2D eigenvalue weighted by atomic mass is 15.2. The fourth-order valence-corrected chi connectivity index (χ4v) is 8.31. The molecule has 0 aliphatic carbocycles. The Kier molecular flexibility index (Phi) is 9.82. The molecule has 60 heavy (non-hydrogen) atoms. The molecular weight excluding hydrogens is 727 g/mol. The van der Waals surface area contributed by atoms with Gasteiger partial charge in [0.2, 0.25) is 0 Å². The minimum atomic E-state index is 1.08. The minimum Gasteiger partial charge on any atom is -0.311 e. The van der Waals surface area contributed by atoms with Gasteiger partial charge in [-0.25, -0.2) is 0 Å². The second kappa shape index (κ2) is 16.2. The van der Waals surface area contributed by atoms with Crippen molar-refractivity contribution < 1.29 is 0 Å². The molecule has 0 saturated heterocycles. The summed E-state index contributed by atoms with van der Waals surface area (Å²) in [4.78, 5) is 7.03. The van der Waals surface area contributed by atoms with Crippen LogP contribution in [0, 0.1) is 6.92 Å². The van der Waals surface area contributed by atoms with Crippen molar-refractivity contribution in [3.8, 4) is 11.1 Å². The SMILES string of the molecule is Cc1ccc(N(c2ccc(-c3ccc(N(c4ccc(N(c5ccccc5)c5ccccc5)cc4)c4cccc5ccccc45)cc3)cc2)c2cccc3ccccc23)cc1. The van der Waals surface area contributed by atoms with Crippen LogP contribution in [0.4, 0.5) is 51.2 Å². The molecule has 0 heterocycles. The molecule has 0 aliphatic rings. The molecule has 0 saturated carbocycles. The van der Waals surface area contributed by atoms with Crippen LogP contribution in [0.25, 0.3) is 32.7 Å². The van der Waals surface area contributed by atoms with E-state index in [1.165, 1.54) is 27.1 Å². The Balaban J connectivity index is 1.01. The van der Waals surface area contributed by atoms with Crippen molar-refractivity contribution >= 4 is 72.7 Å². The lowest BCUT2D eigenvalue weighted by Crippen LogP contribution is -2.12. The molecule has 3 heteroatoms. The number of aryl methyl sites for hydroxylation is 1. The van der Waals surface area contributed by atoms with Crippen molar-refractivity contribution in [2.45, 2.75) is 6.92 Å². The van der Waals surface area contributed by atoms with E-state index in [-0.39, 0.29) is 0 Å². The molecule has 0 spiro atoms. The largest absolute Gasteiger partial charge is 0.311 e. The van der Waals surface area contributed by atoms with Crippen LogP contribution in [0.3, 0.4) is 0 Å². The zero-order valence-electron chi connectivity index (χ0n) is 33.4. The summed E-state index contributed by atoms with van der Waals surface area (Å²) < 4.78 is 0. The highest BCUT2D eigenvalue weighted by molar-refractivity contribution is 6.00. The van der Waals surface area contributed by atoms with Crippen LogP contribution in [-0.2, 0) is 0 Å². The van der Waals surface area contributed by atoms with Crippen LogP contribution < -0.4 is 14.7 Å². The molecule has 0 atom stereocenters. The summed E-state index contributed by atoms with van der Waals surface area (Å²) in [6.45, 7) is 2.13. The first-order chi connectivity index (χ1) is 29.7. The Bertz CT molecular complexity index is 2960. The lowest BCUT2D eigenvalue weighted by atomic mass is 10.0. The summed E-state index contributed by atoms with van der Waals surface area (Å²) in [5.74, 6) is 0. The number of benzene rings is 10. The van der Waals surface area contributed by atoms with Crippen LogP contribution in [0.1, 0.15) is 5.56 Å². The topological polar surface area (TPSA) is 9.72 Å². The molecule has 0 amide bonds. The first-order valence-corrected chi connectivity index (χ1v) is 20.5. The molecule has 0 bridgehead atoms. The molecule has 0 N–H and O–H groups in total. The molecule has 0 fully saturated rings. The van der Waals surface area contributed by atoms with E-state index in [1.807, 2.05) is 0 Å². The molecule has 0 radical (unpaired) electrons. The highest BCUT2D eigenvalue weighted by Gasteiger charge is 2.19. The van der Waals surface area contributed by atoms with Gasteiger partial charge in [-0.3, -0.25) is 0 Å². The maximum absolute atomic E-state index is 2.37. The lowest BCUT2D eigenvalue weighted by Gasteiger charge is -2.29. The standard InChI is InChI=1S/C57H43N3/c1-42-26-32-50(33-27-42)59(56-24-12-16-45-14-8-10-22-54(45)56)51-34-28-43(29-35-51)44-30-36-52(37-31-44)60(57-25-13-17-46-15-9-11-23-55(46)57)53-40-38-49(39-41-53)58(47-18-4-2-5-19-47)48-20-6-3-7-21-48/h2-41H,1H3. The number of rotatable bonds is 10. The average Bonchev–Trinajstić information content (AvgIpc) is 3.32. The quantitative estimate of drug-likeness (QED) is 0.137. The molecule has 10 aromatic rings. The first kappa shape index (κ1) is 36.5. The fourth-order valence-electron chi connectivity index (χ4n) is 8.31. The van der Waals surface area contributed by atoms with Crippen molar-refractivity contribution in [1.29, 1.82) is 0 Å². The third kappa shape index (κ3) is 7.14. The predicted octanol–water partition coefficient (Wildman–Crippen LogP) is 16.4. The number of nitrogens with zero attached hydrogens (tertiary/aromatic N) is 3. The summed E-state index contributed by atoms with van der Waals surface area (Å²) in [5, 5.41) is 4.84. The first-order valence-electron chi connectivity index (χ1n) is 20.5. The maximum atomic E-state index is 2.37. The summed E-state index contributed by atoms with van der Waals surface area (Å²) in [6, 6.07) is 87.1. The van der Waals surface area contributed by atoms with E-state index in [0.717, 1.165) is 62.3 Å². The van der Waals surface area contributed by atoms with Gasteiger partial charge < -0.3 is 14.7 Å². The van der Waals surface area contributed by atoms with E-state index >= 15 is 0 Å². The van der Waals surface area contributed by atoms with Crippen molar-refractivity contribution in [3.63, 3.8) is 0 Å². The number of hydrogen-bond acceptors (Lipinski definition) is 3. The zero-order chi connectivity index (χ0) is 40.3. The zero-order valence-corrected chi connectivity index (χ0v) is 33.4. The van der Waals surface area contributed by atoms with Crippen molar-refractivity contribution in [2.75, 3.05) is 14.7 Å². The summed E-state index contributed by atoms with van der Waals surface area (Å²) in [7, 11) is 0. The summed E-state index contributed by atoms with van der Waals surface area (Å²) in [5.41, 5.74) is 13.6. The van der Waals surface area contributed by atoms with Gasteiger partial charge >= 0.3 is 0 Å². The molecule has 10 rings (SSSR count). The summed E-state index contributed by atoms with van der Waals surface area (Å²) >= 11 is 0. The van der Waals surface area contributed by atoms with Gasteiger partial charge in [-0.15, -0.1) is 0 Å². The number of fused-ring (bicyclic) bond motifs is 2. The van der Waals surface area contributed by atoms with Crippen LogP contribution >= 0.6 is 0 Å². The third-order valence-corrected chi connectivity index (χ3v) is 11.3. The number of para-hydroxylation sites is 2. The second-order valence-corrected chi connectivity index (χ2v) is 15.1. The fraction of sp³-hybridized carbons (Fsp3) is 0.0175. The van der Waals surface area contributed by atoms with Gasteiger partial charge in [0.25, 0.3) is 0 Å². The van der Waals surface area contributed by atoms with E-state index in [2.05, 4.69) is 264 Å². The predicted molar refractivity (Wildman–Crippen MR) is 256 cm³/mol. The Morgan fingerprint density at radius 2 is 0.533 bits per heavy atom. The van der Waals surface area contributed by atoms with Crippen molar-refractivity contribution in [2.24, 2.45) is 0 Å². The monoisotopic (exact) mass is 769 g/mol. The third-order valence-electron chi connectivity index (χ3n) is 11.3. The van der Waals surface area contributed by atoms with E-state index < -0.39 is 0 Å². The second-order valence-electron chi connectivity index (χ2n) is 15.1. The van der Waals surface area contributed by atoms with Crippen LogP contribution in [-0.4, -0.2) is 0 Å². The molecular formula is C57H43N3. The van der Waals surface area contributed by atoms with Crippen molar-refractivity contribution in [1.82, 2.24) is 0 Å². The van der Waals surface area contributed by atoms with Gasteiger partial charge in [0.15, 0.2) is 0 Å². The van der Waals surface area contributed by atoms with Gasteiger partial charge in [-0.05, 0) is 126 Å². The number of anilines is 9. The number of hydrogen-bond donors (Lipinski definition) is 0. The molecule has 0 aliphatic heterocycles. The maximum Gasteiger partial charge on any atom is 0.0540 e. The van der Waals surface area contributed by atoms with Crippen LogP contribution in [0.5, 0.6) is 0 Å². The summed E-state index contributed by atoms with van der Waals surface area (Å²) in [6.07, 6.45) is 0. The molecule has 0 aromatic heterocycles. The van der Waals surface area contributed by atoms with Gasteiger partial charge in [0.1, 0.15) is 0 Å².